The minimum atomic E-state index is -0.514. The minimum absolute atomic E-state index is 0.242. The Morgan fingerprint density at radius 1 is 1.00 bits per heavy atom. The van der Waals surface area contributed by atoms with Crippen LogP contribution in [0.25, 0.3) is 0 Å². The monoisotopic (exact) mass is 446 g/mol. The highest BCUT2D eigenvalue weighted by molar-refractivity contribution is 9.09. The van der Waals surface area contributed by atoms with Gasteiger partial charge >= 0.3 is 0 Å². The summed E-state index contributed by atoms with van der Waals surface area (Å²) in [6, 6.07) is 0. The average molecular weight is 448 g/mol. The summed E-state index contributed by atoms with van der Waals surface area (Å²) in [5, 5.41) is 11.1. The second-order valence-corrected chi connectivity index (χ2v) is 11.8. The molecule has 6 unspecified atom stereocenters. The van der Waals surface area contributed by atoms with E-state index >= 15 is 0 Å². The van der Waals surface area contributed by atoms with Crippen molar-refractivity contribution in [3.8, 4) is 0 Å². The third kappa shape index (κ3) is 3.24. The Hall–Kier alpha value is 0.660. The lowest BCUT2D eigenvalue weighted by Crippen LogP contribution is -2.52. The maximum Gasteiger partial charge on any atom is 0.0659 e. The lowest BCUT2D eigenvalue weighted by molar-refractivity contribution is -0.0866. The molecule has 1 N–H and O–H groups in total. The largest absolute Gasteiger partial charge is 0.390 e. The van der Waals surface area contributed by atoms with E-state index in [0.29, 0.717) is 26.9 Å². The van der Waals surface area contributed by atoms with Gasteiger partial charge in [-0.15, -0.1) is 0 Å². The van der Waals surface area contributed by atoms with Crippen molar-refractivity contribution in [2.24, 2.45) is 22.7 Å². The molecule has 3 rings (SSSR count). The molecule has 3 aliphatic carbocycles. The molecule has 3 heteroatoms. The van der Waals surface area contributed by atoms with Gasteiger partial charge in [-0.3, -0.25) is 0 Å². The minimum Gasteiger partial charge on any atom is -0.390 e. The van der Waals surface area contributed by atoms with Crippen molar-refractivity contribution in [3.05, 3.63) is 11.6 Å². The van der Waals surface area contributed by atoms with E-state index < -0.39 is 5.60 Å². The number of rotatable bonds is 1. The summed E-state index contributed by atoms with van der Waals surface area (Å²) >= 11 is 7.81. The molecule has 0 saturated heterocycles. The highest BCUT2D eigenvalue weighted by atomic mass is 79.9. The number of halogens is 2. The van der Waals surface area contributed by atoms with Crippen LogP contribution in [0.15, 0.2) is 11.6 Å². The normalized spacial score (nSPS) is 51.7. The van der Waals surface area contributed by atoms with Crippen molar-refractivity contribution in [2.45, 2.75) is 87.9 Å². The van der Waals surface area contributed by atoms with Crippen molar-refractivity contribution < 1.29 is 5.11 Å². The summed E-state index contributed by atoms with van der Waals surface area (Å²) < 4.78 is 0. The summed E-state index contributed by atoms with van der Waals surface area (Å²) in [6.45, 7) is 9.25. The quantitative estimate of drug-likeness (QED) is 0.373. The van der Waals surface area contributed by atoms with E-state index in [1.807, 2.05) is 0 Å². The first kappa shape index (κ1) is 18.5. The van der Waals surface area contributed by atoms with Crippen LogP contribution in [-0.2, 0) is 0 Å². The van der Waals surface area contributed by atoms with Gasteiger partial charge in [-0.1, -0.05) is 64.3 Å². The highest BCUT2D eigenvalue weighted by Crippen LogP contribution is 2.61. The molecule has 0 aliphatic heterocycles. The number of aliphatic hydroxyl groups is 1. The molecule has 0 amide bonds. The predicted molar refractivity (Wildman–Crippen MR) is 105 cm³/mol. The van der Waals surface area contributed by atoms with Crippen molar-refractivity contribution >= 4 is 31.9 Å². The van der Waals surface area contributed by atoms with Crippen LogP contribution in [0.3, 0.4) is 0 Å². The smallest absolute Gasteiger partial charge is 0.0659 e. The average Bonchev–Trinajstić information content (AvgIpc) is 2.78. The van der Waals surface area contributed by atoms with Crippen LogP contribution in [-0.4, -0.2) is 20.4 Å². The Labute approximate surface area is 158 Å². The third-order valence-electron chi connectivity index (χ3n) is 7.14. The fourth-order valence-electron chi connectivity index (χ4n) is 5.83. The Balaban J connectivity index is 1.85. The predicted octanol–water partition coefficient (Wildman–Crippen LogP) is 6.23. The standard InChI is InChI=1S/C20H32Br2O/c1-18(2)12-13(5-6-15(18)21)11-14-7-9-19(3)16(22)8-10-20(4,23)17(14)19/h11,14-17,23H,5-10,12H2,1-4H3. The molecule has 1 nitrogen and oxygen atoms in total. The second-order valence-electron chi connectivity index (χ2n) is 9.55. The van der Waals surface area contributed by atoms with Crippen LogP contribution in [0.5, 0.6) is 0 Å². The second kappa shape index (κ2) is 6.13. The maximum absolute atomic E-state index is 11.1. The molecule has 23 heavy (non-hydrogen) atoms. The van der Waals surface area contributed by atoms with Gasteiger partial charge in [0.05, 0.1) is 5.60 Å². The Morgan fingerprint density at radius 2 is 1.70 bits per heavy atom. The van der Waals surface area contributed by atoms with E-state index in [1.165, 1.54) is 32.1 Å². The summed E-state index contributed by atoms with van der Waals surface area (Å²) in [6.07, 6.45) is 10.7. The van der Waals surface area contributed by atoms with Gasteiger partial charge in [-0.2, -0.15) is 0 Å². The Morgan fingerprint density at radius 3 is 2.35 bits per heavy atom. The molecule has 0 aromatic rings. The van der Waals surface area contributed by atoms with E-state index in [4.69, 9.17) is 0 Å². The molecule has 3 aliphatic rings. The molecule has 0 bridgehead atoms. The van der Waals surface area contributed by atoms with Crippen molar-refractivity contribution in [2.75, 3.05) is 0 Å². The summed E-state index contributed by atoms with van der Waals surface area (Å²) in [7, 11) is 0. The third-order valence-corrected chi connectivity index (χ3v) is 10.3. The van der Waals surface area contributed by atoms with E-state index in [2.05, 4.69) is 65.6 Å². The lowest BCUT2D eigenvalue weighted by atomic mass is 9.60. The molecule has 3 fully saturated rings. The van der Waals surface area contributed by atoms with E-state index in [9.17, 15) is 5.11 Å². The maximum atomic E-state index is 11.1. The topological polar surface area (TPSA) is 20.2 Å². The number of allylic oxidation sites excluding steroid dienone is 2. The molecule has 0 aromatic heterocycles. The fourth-order valence-corrected chi connectivity index (χ4v) is 6.96. The first-order valence-corrected chi connectivity index (χ1v) is 11.1. The van der Waals surface area contributed by atoms with E-state index in [1.54, 1.807) is 5.57 Å². The molecular weight excluding hydrogens is 416 g/mol. The number of hydrogen-bond acceptors (Lipinski definition) is 1. The number of fused-ring (bicyclic) bond motifs is 1. The van der Waals surface area contributed by atoms with Gasteiger partial charge in [0.25, 0.3) is 0 Å². The number of hydrogen-bond donors (Lipinski definition) is 1. The van der Waals surface area contributed by atoms with Crippen LogP contribution in [0.4, 0.5) is 0 Å². The highest BCUT2D eigenvalue weighted by Gasteiger charge is 2.58. The summed E-state index contributed by atoms with van der Waals surface area (Å²) in [5.41, 5.74) is 1.71. The molecule has 0 radical (unpaired) electrons. The van der Waals surface area contributed by atoms with Crippen LogP contribution in [0.1, 0.15) is 72.6 Å². The Kier molecular flexibility index (Phi) is 4.91. The van der Waals surface area contributed by atoms with E-state index in [0.717, 1.165) is 12.8 Å². The first-order chi connectivity index (χ1) is 10.6. The summed E-state index contributed by atoms with van der Waals surface area (Å²) in [4.78, 5) is 1.18. The molecule has 0 heterocycles. The molecule has 132 valence electrons. The zero-order valence-corrected chi connectivity index (χ0v) is 18.2. The van der Waals surface area contributed by atoms with Crippen molar-refractivity contribution in [3.63, 3.8) is 0 Å². The van der Waals surface area contributed by atoms with Crippen LogP contribution < -0.4 is 0 Å². The molecular formula is C20H32Br2O. The van der Waals surface area contributed by atoms with Gasteiger partial charge in [0.15, 0.2) is 0 Å². The van der Waals surface area contributed by atoms with E-state index in [-0.39, 0.29) is 5.41 Å². The zero-order chi connectivity index (χ0) is 17.0. The first-order valence-electron chi connectivity index (χ1n) is 9.26. The van der Waals surface area contributed by atoms with Gasteiger partial charge in [-0.05, 0) is 68.6 Å². The van der Waals surface area contributed by atoms with Crippen LogP contribution >= 0.6 is 31.9 Å². The molecule has 0 aromatic carbocycles. The van der Waals surface area contributed by atoms with Gasteiger partial charge < -0.3 is 5.11 Å². The SMILES string of the molecule is CC1(C)CC(=CC2CCC3(C)C(Br)CCC(C)(O)C23)CCC1Br. The molecule has 3 saturated carbocycles. The number of alkyl halides is 2. The lowest BCUT2D eigenvalue weighted by Gasteiger charge is -2.50. The van der Waals surface area contributed by atoms with Crippen molar-refractivity contribution in [1.29, 1.82) is 0 Å². The summed E-state index contributed by atoms with van der Waals surface area (Å²) in [5.74, 6) is 0.943. The van der Waals surface area contributed by atoms with Gasteiger partial charge in [0, 0.05) is 15.6 Å². The Bertz CT molecular complexity index is 496. The van der Waals surface area contributed by atoms with Crippen molar-refractivity contribution in [1.82, 2.24) is 0 Å². The molecule has 6 atom stereocenters. The van der Waals surface area contributed by atoms with Gasteiger partial charge in [0.2, 0.25) is 0 Å². The fraction of sp³-hybridized carbons (Fsp3) is 0.900. The molecule has 0 spiro atoms. The van der Waals surface area contributed by atoms with Gasteiger partial charge in [0.1, 0.15) is 0 Å². The van der Waals surface area contributed by atoms with Crippen LogP contribution in [0, 0.1) is 22.7 Å². The van der Waals surface area contributed by atoms with Gasteiger partial charge in [-0.25, -0.2) is 0 Å². The zero-order valence-electron chi connectivity index (χ0n) is 15.0. The van der Waals surface area contributed by atoms with Crippen LogP contribution in [0.2, 0.25) is 0 Å².